The quantitative estimate of drug-likeness (QED) is 0.941. The number of fused-ring (bicyclic) bond motifs is 1. The summed E-state index contributed by atoms with van der Waals surface area (Å²) in [5, 5.41) is 5.52. The second-order valence-corrected chi connectivity index (χ2v) is 6.92. The molecule has 1 aromatic carbocycles. The van der Waals surface area contributed by atoms with Crippen molar-refractivity contribution in [2.45, 2.75) is 37.6 Å². The minimum Gasteiger partial charge on any atom is -0.367 e. The van der Waals surface area contributed by atoms with Crippen LogP contribution in [0.25, 0.3) is 0 Å². The highest BCUT2D eigenvalue weighted by atomic mass is 32.1. The zero-order chi connectivity index (χ0) is 14.9. The van der Waals surface area contributed by atoms with E-state index in [0.29, 0.717) is 11.2 Å². The monoisotopic (exact) mass is 313 g/mol. The molecule has 0 bridgehead atoms. The molecular weight excluding hydrogens is 294 g/mol. The molecule has 1 amide bonds. The Hall–Kier alpha value is -1.88. The minimum atomic E-state index is -0.0966. The predicted molar refractivity (Wildman–Crippen MR) is 89.5 cm³/mol. The fraction of sp³-hybridized carbons (Fsp3) is 0.412. The fourth-order valence-electron chi connectivity index (χ4n) is 3.70. The number of thiazole rings is 1. The Morgan fingerprint density at radius 3 is 2.86 bits per heavy atom. The maximum Gasteiger partial charge on any atom is 0.235 e. The van der Waals surface area contributed by atoms with Crippen LogP contribution in [-0.2, 0) is 4.79 Å². The third kappa shape index (κ3) is 2.39. The smallest absolute Gasteiger partial charge is 0.235 e. The largest absolute Gasteiger partial charge is 0.367 e. The summed E-state index contributed by atoms with van der Waals surface area (Å²) in [5.74, 6) is -0.0383. The van der Waals surface area contributed by atoms with Crippen LogP contribution in [0.1, 0.15) is 37.2 Å². The molecule has 1 saturated carbocycles. The zero-order valence-electron chi connectivity index (χ0n) is 12.4. The van der Waals surface area contributed by atoms with Gasteiger partial charge in [-0.25, -0.2) is 4.98 Å². The fourth-order valence-corrected chi connectivity index (χ4v) is 4.23. The van der Waals surface area contributed by atoms with Gasteiger partial charge in [-0.1, -0.05) is 31.0 Å². The van der Waals surface area contributed by atoms with Crippen molar-refractivity contribution in [2.75, 3.05) is 16.8 Å². The van der Waals surface area contributed by atoms with Gasteiger partial charge in [-0.15, -0.1) is 11.3 Å². The van der Waals surface area contributed by atoms with Gasteiger partial charge in [0.15, 0.2) is 5.13 Å². The van der Waals surface area contributed by atoms with Crippen LogP contribution in [0, 0.1) is 0 Å². The van der Waals surface area contributed by atoms with E-state index in [4.69, 9.17) is 0 Å². The second kappa shape index (κ2) is 5.72. The van der Waals surface area contributed by atoms with Crippen molar-refractivity contribution in [2.24, 2.45) is 0 Å². The summed E-state index contributed by atoms with van der Waals surface area (Å²) in [4.78, 5) is 19.3. The number of anilines is 2. The van der Waals surface area contributed by atoms with Gasteiger partial charge in [0.05, 0.1) is 5.92 Å². The maximum absolute atomic E-state index is 12.7. The SMILES string of the molecule is O=C(Nc1nccs1)C1CN(C2CCCC2)c2ccccc21. The second-order valence-electron chi connectivity index (χ2n) is 6.03. The number of carbonyl (C=O) groups is 1. The number of nitrogens with one attached hydrogen (secondary N) is 1. The van der Waals surface area contributed by atoms with Gasteiger partial charge < -0.3 is 10.2 Å². The number of nitrogens with zero attached hydrogens (tertiary/aromatic N) is 2. The first-order valence-electron chi connectivity index (χ1n) is 7.89. The van der Waals surface area contributed by atoms with Gasteiger partial charge in [0, 0.05) is 29.9 Å². The van der Waals surface area contributed by atoms with E-state index in [0.717, 1.165) is 12.1 Å². The van der Waals surface area contributed by atoms with Gasteiger partial charge in [-0.3, -0.25) is 4.79 Å². The summed E-state index contributed by atoms with van der Waals surface area (Å²) in [6.45, 7) is 0.793. The summed E-state index contributed by atoms with van der Waals surface area (Å²) in [7, 11) is 0. The Kier molecular flexibility index (Phi) is 3.58. The standard InChI is InChI=1S/C17H19N3OS/c21-16(19-17-18-9-10-22-17)14-11-20(12-5-1-2-6-12)15-8-4-3-7-13(14)15/h3-4,7-10,12,14H,1-2,5-6,11H2,(H,18,19,21). The number of carbonyl (C=O) groups excluding carboxylic acids is 1. The third-order valence-electron chi connectivity index (χ3n) is 4.75. The Bertz CT molecular complexity index is 664. The van der Waals surface area contributed by atoms with Crippen LogP contribution < -0.4 is 10.2 Å². The topological polar surface area (TPSA) is 45.2 Å². The van der Waals surface area contributed by atoms with Crippen LogP contribution in [0.5, 0.6) is 0 Å². The molecule has 2 aromatic rings. The highest BCUT2D eigenvalue weighted by molar-refractivity contribution is 7.13. The van der Waals surface area contributed by atoms with Crippen molar-refractivity contribution in [1.29, 1.82) is 0 Å². The summed E-state index contributed by atoms with van der Waals surface area (Å²) in [5.41, 5.74) is 2.40. The number of benzene rings is 1. The molecule has 2 aliphatic rings. The van der Waals surface area contributed by atoms with E-state index in [1.807, 2.05) is 11.4 Å². The molecule has 0 radical (unpaired) electrons. The first-order chi connectivity index (χ1) is 10.8. The molecular formula is C17H19N3OS. The lowest BCUT2D eigenvalue weighted by Crippen LogP contribution is -2.34. The number of rotatable bonds is 3. The average Bonchev–Trinajstić information content (AvgIpc) is 3.27. The van der Waals surface area contributed by atoms with Crippen LogP contribution >= 0.6 is 11.3 Å². The van der Waals surface area contributed by atoms with Crippen molar-refractivity contribution < 1.29 is 4.79 Å². The molecule has 4 rings (SSSR count). The lowest BCUT2D eigenvalue weighted by Gasteiger charge is -2.27. The number of hydrogen-bond acceptors (Lipinski definition) is 4. The lowest BCUT2D eigenvalue weighted by molar-refractivity contribution is -0.117. The Morgan fingerprint density at radius 1 is 1.27 bits per heavy atom. The van der Waals surface area contributed by atoms with E-state index in [2.05, 4.69) is 33.4 Å². The van der Waals surface area contributed by atoms with Crippen LogP contribution in [0.2, 0.25) is 0 Å². The van der Waals surface area contributed by atoms with Crippen molar-refractivity contribution in [3.63, 3.8) is 0 Å². The molecule has 22 heavy (non-hydrogen) atoms. The Balaban J connectivity index is 1.59. The summed E-state index contributed by atoms with van der Waals surface area (Å²) < 4.78 is 0. The molecule has 0 saturated heterocycles. The number of hydrogen-bond donors (Lipinski definition) is 1. The first kappa shape index (κ1) is 13.8. The third-order valence-corrected chi connectivity index (χ3v) is 5.43. The Labute approximate surface area is 134 Å². The van der Waals surface area contributed by atoms with Crippen LogP contribution in [-0.4, -0.2) is 23.5 Å². The molecule has 1 aliphatic carbocycles. The first-order valence-corrected chi connectivity index (χ1v) is 8.77. The van der Waals surface area contributed by atoms with E-state index < -0.39 is 0 Å². The molecule has 1 fully saturated rings. The molecule has 4 nitrogen and oxygen atoms in total. The van der Waals surface area contributed by atoms with Gasteiger partial charge in [-0.05, 0) is 24.5 Å². The van der Waals surface area contributed by atoms with E-state index in [9.17, 15) is 4.79 Å². The molecule has 5 heteroatoms. The van der Waals surface area contributed by atoms with Crippen molar-refractivity contribution in [3.05, 3.63) is 41.4 Å². The van der Waals surface area contributed by atoms with Gasteiger partial charge in [0.25, 0.3) is 0 Å². The van der Waals surface area contributed by atoms with Crippen LogP contribution in [0.15, 0.2) is 35.8 Å². The van der Waals surface area contributed by atoms with E-state index in [1.54, 1.807) is 6.20 Å². The van der Waals surface area contributed by atoms with E-state index >= 15 is 0 Å². The van der Waals surface area contributed by atoms with Gasteiger partial charge >= 0.3 is 0 Å². The van der Waals surface area contributed by atoms with Crippen LogP contribution in [0.3, 0.4) is 0 Å². The molecule has 114 valence electrons. The Morgan fingerprint density at radius 2 is 2.09 bits per heavy atom. The highest BCUT2D eigenvalue weighted by Crippen LogP contribution is 2.41. The molecule has 2 heterocycles. The molecule has 1 N–H and O–H groups in total. The molecule has 1 unspecified atom stereocenters. The summed E-state index contributed by atoms with van der Waals surface area (Å²) >= 11 is 1.46. The molecule has 0 spiro atoms. The average molecular weight is 313 g/mol. The summed E-state index contributed by atoms with van der Waals surface area (Å²) in [6, 6.07) is 8.95. The highest BCUT2D eigenvalue weighted by Gasteiger charge is 2.37. The van der Waals surface area contributed by atoms with Crippen molar-refractivity contribution in [1.82, 2.24) is 4.98 Å². The van der Waals surface area contributed by atoms with Gasteiger partial charge in [-0.2, -0.15) is 0 Å². The molecule has 1 aromatic heterocycles. The lowest BCUT2D eigenvalue weighted by atomic mass is 10.0. The van der Waals surface area contributed by atoms with Gasteiger partial charge in [0.1, 0.15) is 0 Å². The zero-order valence-corrected chi connectivity index (χ0v) is 13.2. The number of aromatic nitrogens is 1. The van der Waals surface area contributed by atoms with Crippen LogP contribution in [0.4, 0.5) is 10.8 Å². The minimum absolute atomic E-state index is 0.0582. The normalized spacial score (nSPS) is 21.1. The maximum atomic E-state index is 12.7. The van der Waals surface area contributed by atoms with Crippen molar-refractivity contribution in [3.8, 4) is 0 Å². The van der Waals surface area contributed by atoms with Crippen molar-refractivity contribution >= 4 is 28.1 Å². The molecule has 1 atom stereocenters. The van der Waals surface area contributed by atoms with Gasteiger partial charge in [0.2, 0.25) is 5.91 Å². The predicted octanol–water partition coefficient (Wildman–Crippen LogP) is 3.63. The molecule has 1 aliphatic heterocycles. The summed E-state index contributed by atoms with van der Waals surface area (Å²) in [6.07, 6.45) is 6.82. The number of para-hydroxylation sites is 1. The van der Waals surface area contributed by atoms with E-state index in [-0.39, 0.29) is 11.8 Å². The number of amides is 1. The van der Waals surface area contributed by atoms with E-state index in [1.165, 1.54) is 42.7 Å².